The van der Waals surface area contributed by atoms with Crippen LogP contribution in [0.2, 0.25) is 0 Å². The van der Waals surface area contributed by atoms with Gasteiger partial charge in [0.25, 0.3) is 5.91 Å². The third-order valence-corrected chi connectivity index (χ3v) is 4.31. The molecule has 0 fully saturated rings. The topological polar surface area (TPSA) is 66.9 Å². The molecule has 1 aromatic heterocycles. The van der Waals surface area contributed by atoms with Crippen LogP contribution in [0.4, 0.5) is 11.5 Å². The van der Waals surface area contributed by atoms with Crippen LogP contribution in [-0.4, -0.2) is 22.4 Å². The summed E-state index contributed by atoms with van der Waals surface area (Å²) in [6, 6.07) is 16.3. The number of benzene rings is 2. The summed E-state index contributed by atoms with van der Waals surface area (Å²) in [7, 11) is 0. The summed E-state index contributed by atoms with van der Waals surface area (Å²) < 4.78 is 0. The van der Waals surface area contributed by atoms with Crippen molar-refractivity contribution < 1.29 is 4.79 Å². The van der Waals surface area contributed by atoms with Crippen molar-refractivity contribution in [3.63, 3.8) is 0 Å². The van der Waals surface area contributed by atoms with Gasteiger partial charge in [0, 0.05) is 12.2 Å². The fraction of sp³-hybridized carbons (Fsp3) is 0.227. The minimum atomic E-state index is -0.259. The lowest BCUT2D eigenvalue weighted by molar-refractivity contribution is 0.102. The summed E-state index contributed by atoms with van der Waals surface area (Å²) in [4.78, 5) is 20.9. The maximum Gasteiger partial charge on any atom is 0.275 e. The van der Waals surface area contributed by atoms with Crippen LogP contribution in [-0.2, 0) is 6.42 Å². The van der Waals surface area contributed by atoms with Gasteiger partial charge in [-0.25, -0.2) is 9.97 Å². The molecular weight excluding hydrogens is 336 g/mol. The number of hydrogen-bond acceptors (Lipinski definition) is 4. The van der Waals surface area contributed by atoms with E-state index in [-0.39, 0.29) is 5.91 Å². The molecule has 5 nitrogen and oxygen atoms in total. The molecule has 0 radical (unpaired) electrons. The Bertz CT molecular complexity index is 892. The first-order chi connectivity index (χ1) is 13.1. The number of carbonyl (C=O) groups excluding carboxylic acids is 1. The van der Waals surface area contributed by atoms with E-state index in [2.05, 4.69) is 44.9 Å². The number of aromatic nitrogens is 2. The van der Waals surface area contributed by atoms with Gasteiger partial charge in [-0.1, -0.05) is 48.0 Å². The van der Waals surface area contributed by atoms with Gasteiger partial charge in [-0.15, -0.1) is 0 Å². The molecule has 0 aliphatic rings. The first-order valence-corrected chi connectivity index (χ1v) is 9.10. The predicted octanol–water partition coefficient (Wildman–Crippen LogP) is 4.39. The van der Waals surface area contributed by atoms with Crippen LogP contribution in [0.5, 0.6) is 0 Å². The highest BCUT2D eigenvalue weighted by Crippen LogP contribution is 2.16. The molecule has 0 saturated heterocycles. The lowest BCUT2D eigenvalue weighted by atomic mass is 10.1. The SMILES string of the molecule is Cc1ccc(NC(=O)c2cnc(NCCCc3ccccc3)cn2)c(C)c1. The number of amides is 1. The average Bonchev–Trinajstić information content (AvgIpc) is 2.69. The standard InChI is InChI=1S/C22H24N4O/c1-16-10-11-19(17(2)13-16)26-22(27)20-14-25-21(15-24-20)23-12-6-9-18-7-4-3-5-8-18/h3-5,7-8,10-11,13-15H,6,9,12H2,1-2H3,(H,23,25)(H,26,27). The number of anilines is 2. The minimum Gasteiger partial charge on any atom is -0.369 e. The largest absolute Gasteiger partial charge is 0.369 e. The Morgan fingerprint density at radius 3 is 2.52 bits per heavy atom. The molecule has 0 aliphatic carbocycles. The minimum absolute atomic E-state index is 0.259. The molecule has 2 N–H and O–H groups in total. The predicted molar refractivity (Wildman–Crippen MR) is 109 cm³/mol. The first kappa shape index (κ1) is 18.6. The fourth-order valence-electron chi connectivity index (χ4n) is 2.83. The normalized spacial score (nSPS) is 10.4. The first-order valence-electron chi connectivity index (χ1n) is 9.10. The Hall–Kier alpha value is -3.21. The molecule has 0 spiro atoms. The fourth-order valence-corrected chi connectivity index (χ4v) is 2.83. The molecule has 2 aromatic carbocycles. The van der Waals surface area contributed by atoms with Gasteiger partial charge in [0.1, 0.15) is 11.5 Å². The Labute approximate surface area is 159 Å². The second kappa shape index (κ2) is 8.94. The van der Waals surface area contributed by atoms with E-state index in [0.29, 0.717) is 11.5 Å². The maximum absolute atomic E-state index is 12.3. The average molecular weight is 360 g/mol. The van der Waals surface area contributed by atoms with E-state index >= 15 is 0 Å². The number of hydrogen-bond donors (Lipinski definition) is 2. The van der Waals surface area contributed by atoms with Crippen LogP contribution in [0.15, 0.2) is 60.9 Å². The van der Waals surface area contributed by atoms with Crippen molar-refractivity contribution in [3.05, 3.63) is 83.3 Å². The quantitative estimate of drug-likeness (QED) is 0.613. The summed E-state index contributed by atoms with van der Waals surface area (Å²) in [5, 5.41) is 6.12. The molecule has 1 amide bonds. The van der Waals surface area contributed by atoms with Gasteiger partial charge in [-0.2, -0.15) is 0 Å². The molecule has 27 heavy (non-hydrogen) atoms. The van der Waals surface area contributed by atoms with E-state index in [1.54, 1.807) is 6.20 Å². The lowest BCUT2D eigenvalue weighted by Crippen LogP contribution is -2.15. The molecule has 1 heterocycles. The number of rotatable bonds is 7. The van der Waals surface area contributed by atoms with Crippen LogP contribution in [0, 0.1) is 13.8 Å². The molecule has 0 unspecified atom stereocenters. The van der Waals surface area contributed by atoms with E-state index in [4.69, 9.17) is 0 Å². The van der Waals surface area contributed by atoms with Crippen molar-refractivity contribution in [3.8, 4) is 0 Å². The van der Waals surface area contributed by atoms with E-state index in [1.807, 2.05) is 38.1 Å². The number of nitrogens with zero attached hydrogens (tertiary/aromatic N) is 2. The van der Waals surface area contributed by atoms with E-state index < -0.39 is 0 Å². The van der Waals surface area contributed by atoms with Crippen molar-refractivity contribution in [2.75, 3.05) is 17.2 Å². The van der Waals surface area contributed by atoms with E-state index in [0.717, 1.165) is 36.2 Å². The third-order valence-electron chi connectivity index (χ3n) is 4.31. The van der Waals surface area contributed by atoms with Crippen LogP contribution in [0.3, 0.4) is 0 Å². The smallest absolute Gasteiger partial charge is 0.275 e. The summed E-state index contributed by atoms with van der Waals surface area (Å²) in [6.07, 6.45) is 5.11. The summed E-state index contributed by atoms with van der Waals surface area (Å²) in [5.41, 5.74) is 4.59. The van der Waals surface area contributed by atoms with Gasteiger partial charge in [-0.05, 0) is 43.9 Å². The zero-order chi connectivity index (χ0) is 19.1. The van der Waals surface area contributed by atoms with E-state index in [1.165, 1.54) is 11.8 Å². The molecule has 3 rings (SSSR count). The van der Waals surface area contributed by atoms with Crippen LogP contribution < -0.4 is 10.6 Å². The van der Waals surface area contributed by atoms with Crippen molar-refractivity contribution in [2.24, 2.45) is 0 Å². The van der Waals surface area contributed by atoms with Gasteiger partial charge in [-0.3, -0.25) is 4.79 Å². The summed E-state index contributed by atoms with van der Waals surface area (Å²) >= 11 is 0. The zero-order valence-electron chi connectivity index (χ0n) is 15.7. The third kappa shape index (κ3) is 5.38. The highest BCUT2D eigenvalue weighted by atomic mass is 16.1. The van der Waals surface area contributed by atoms with Crippen molar-refractivity contribution in [2.45, 2.75) is 26.7 Å². The van der Waals surface area contributed by atoms with Gasteiger partial charge in [0.15, 0.2) is 0 Å². The van der Waals surface area contributed by atoms with Gasteiger partial charge in [0.2, 0.25) is 0 Å². The van der Waals surface area contributed by atoms with Crippen LogP contribution in [0.1, 0.15) is 33.6 Å². The highest BCUT2D eigenvalue weighted by Gasteiger charge is 2.10. The van der Waals surface area contributed by atoms with Gasteiger partial charge in [0.05, 0.1) is 12.4 Å². The molecule has 3 aromatic rings. The molecule has 0 aliphatic heterocycles. The summed E-state index contributed by atoms with van der Waals surface area (Å²) in [5.74, 6) is 0.413. The molecular formula is C22H24N4O. The summed E-state index contributed by atoms with van der Waals surface area (Å²) in [6.45, 7) is 4.80. The molecule has 0 bridgehead atoms. The zero-order valence-corrected chi connectivity index (χ0v) is 15.7. The van der Waals surface area contributed by atoms with Crippen molar-refractivity contribution in [1.82, 2.24) is 9.97 Å². The molecule has 0 atom stereocenters. The Morgan fingerprint density at radius 2 is 1.81 bits per heavy atom. The lowest BCUT2D eigenvalue weighted by Gasteiger charge is -2.09. The monoisotopic (exact) mass is 360 g/mol. The maximum atomic E-state index is 12.3. The number of aryl methyl sites for hydroxylation is 3. The van der Waals surface area contributed by atoms with Gasteiger partial charge >= 0.3 is 0 Å². The van der Waals surface area contributed by atoms with Crippen LogP contribution in [0.25, 0.3) is 0 Å². The Kier molecular flexibility index (Phi) is 6.15. The highest BCUT2D eigenvalue weighted by molar-refractivity contribution is 6.03. The van der Waals surface area contributed by atoms with Crippen molar-refractivity contribution in [1.29, 1.82) is 0 Å². The molecule has 138 valence electrons. The molecule has 5 heteroatoms. The Balaban J connectivity index is 1.49. The van der Waals surface area contributed by atoms with Gasteiger partial charge < -0.3 is 10.6 Å². The Morgan fingerprint density at radius 1 is 1.00 bits per heavy atom. The van der Waals surface area contributed by atoms with Crippen molar-refractivity contribution >= 4 is 17.4 Å². The second-order valence-electron chi connectivity index (χ2n) is 6.58. The number of nitrogens with one attached hydrogen (secondary N) is 2. The van der Waals surface area contributed by atoms with E-state index in [9.17, 15) is 4.79 Å². The van der Waals surface area contributed by atoms with Crippen LogP contribution >= 0.6 is 0 Å². The second-order valence-corrected chi connectivity index (χ2v) is 6.58. The number of carbonyl (C=O) groups is 1. The molecule has 0 saturated carbocycles.